The van der Waals surface area contributed by atoms with Gasteiger partial charge in [-0.3, -0.25) is 4.79 Å². The molecule has 0 aliphatic carbocycles. The summed E-state index contributed by atoms with van der Waals surface area (Å²) < 4.78 is 0. The van der Waals surface area contributed by atoms with Crippen LogP contribution < -0.4 is 0 Å². The fourth-order valence-corrected chi connectivity index (χ4v) is 1.51. The van der Waals surface area contributed by atoms with Crippen LogP contribution in [0.15, 0.2) is 12.1 Å². The number of benzene rings is 1. The number of hydrogen-bond donors (Lipinski definition) is 1. The van der Waals surface area contributed by atoms with Crippen LogP contribution in [0.25, 0.3) is 0 Å². The van der Waals surface area contributed by atoms with Crippen LogP contribution in [0.3, 0.4) is 0 Å². The van der Waals surface area contributed by atoms with Crippen molar-refractivity contribution in [2.24, 2.45) is 0 Å². The summed E-state index contributed by atoms with van der Waals surface area (Å²) in [5.41, 5.74) is 0.696. The first kappa shape index (κ1) is 11.1. The van der Waals surface area contributed by atoms with Crippen LogP contribution in [0, 0.1) is 0 Å². The highest BCUT2D eigenvalue weighted by Crippen LogP contribution is 2.34. The number of aromatic hydroxyl groups is 1. The molecule has 0 aliphatic heterocycles. The number of phenolic OH excluding ortho intramolecular Hbond substituents is 1. The first-order chi connectivity index (χ1) is 6.36. The number of hydrogen-bond acceptors (Lipinski definition) is 2. The Morgan fingerprint density at radius 2 is 1.93 bits per heavy atom. The zero-order valence-electron chi connectivity index (χ0n) is 8.47. The number of phenols is 1. The Bertz CT molecular complexity index is 364. The topological polar surface area (TPSA) is 37.3 Å². The number of carbonyl (C=O) groups is 1. The SMILES string of the molecule is CC(C)(C)c1cc(Cl)cc(C=O)c1O. The van der Waals surface area contributed by atoms with Crippen molar-refractivity contribution in [3.63, 3.8) is 0 Å². The van der Waals surface area contributed by atoms with Crippen molar-refractivity contribution in [2.75, 3.05) is 0 Å². The van der Waals surface area contributed by atoms with Crippen LogP contribution in [-0.4, -0.2) is 11.4 Å². The Morgan fingerprint density at radius 3 is 2.36 bits per heavy atom. The van der Waals surface area contributed by atoms with Gasteiger partial charge in [-0.2, -0.15) is 0 Å². The van der Waals surface area contributed by atoms with E-state index in [-0.39, 0.29) is 16.7 Å². The molecule has 1 N–H and O–H groups in total. The minimum Gasteiger partial charge on any atom is -0.507 e. The van der Waals surface area contributed by atoms with Gasteiger partial charge in [0, 0.05) is 10.6 Å². The van der Waals surface area contributed by atoms with Gasteiger partial charge in [0.15, 0.2) is 6.29 Å². The lowest BCUT2D eigenvalue weighted by Gasteiger charge is -2.21. The molecule has 1 rings (SSSR count). The van der Waals surface area contributed by atoms with Gasteiger partial charge in [-0.1, -0.05) is 32.4 Å². The van der Waals surface area contributed by atoms with E-state index in [1.54, 1.807) is 6.07 Å². The van der Waals surface area contributed by atoms with Gasteiger partial charge in [-0.05, 0) is 17.5 Å². The molecule has 2 nitrogen and oxygen atoms in total. The Morgan fingerprint density at radius 1 is 1.36 bits per heavy atom. The lowest BCUT2D eigenvalue weighted by molar-refractivity contribution is 0.112. The summed E-state index contributed by atoms with van der Waals surface area (Å²) in [4.78, 5) is 10.6. The molecule has 0 spiro atoms. The predicted molar refractivity (Wildman–Crippen MR) is 57.2 cm³/mol. The molecule has 0 saturated carbocycles. The molecule has 0 aromatic heterocycles. The van der Waals surface area contributed by atoms with Crippen molar-refractivity contribution in [2.45, 2.75) is 26.2 Å². The summed E-state index contributed by atoms with van der Waals surface area (Å²) in [5.74, 6) is 0.0249. The van der Waals surface area contributed by atoms with E-state index >= 15 is 0 Å². The van der Waals surface area contributed by atoms with E-state index in [4.69, 9.17) is 11.6 Å². The average molecular weight is 213 g/mol. The lowest BCUT2D eigenvalue weighted by atomic mass is 9.85. The van der Waals surface area contributed by atoms with Gasteiger partial charge in [-0.25, -0.2) is 0 Å². The van der Waals surface area contributed by atoms with Crippen LogP contribution >= 0.6 is 11.6 Å². The average Bonchev–Trinajstić information content (AvgIpc) is 2.06. The Hall–Kier alpha value is -1.02. The minimum absolute atomic E-state index is 0.0249. The standard InChI is InChI=1S/C11H13ClO2/c1-11(2,3)9-5-8(12)4-7(6-13)10(9)14/h4-6,14H,1-3H3. The third kappa shape index (κ3) is 2.07. The second-order valence-corrected chi connectivity index (χ2v) is 4.70. The van der Waals surface area contributed by atoms with Crippen LogP contribution in [0.4, 0.5) is 0 Å². The highest BCUT2D eigenvalue weighted by molar-refractivity contribution is 6.31. The normalized spacial score (nSPS) is 11.4. The molecule has 14 heavy (non-hydrogen) atoms. The maximum atomic E-state index is 10.6. The molecule has 0 amide bonds. The highest BCUT2D eigenvalue weighted by atomic mass is 35.5. The summed E-state index contributed by atoms with van der Waals surface area (Å²) in [6, 6.07) is 3.14. The number of carbonyl (C=O) groups excluding carboxylic acids is 1. The summed E-state index contributed by atoms with van der Waals surface area (Å²) in [7, 11) is 0. The fraction of sp³-hybridized carbons (Fsp3) is 0.364. The first-order valence-electron chi connectivity index (χ1n) is 4.34. The predicted octanol–water partition coefficient (Wildman–Crippen LogP) is 3.16. The van der Waals surface area contributed by atoms with Crippen molar-refractivity contribution >= 4 is 17.9 Å². The van der Waals surface area contributed by atoms with Gasteiger partial charge < -0.3 is 5.11 Å². The minimum atomic E-state index is -0.229. The highest BCUT2D eigenvalue weighted by Gasteiger charge is 2.20. The van der Waals surface area contributed by atoms with E-state index in [1.807, 2.05) is 20.8 Å². The summed E-state index contributed by atoms with van der Waals surface area (Å²) in [5, 5.41) is 10.2. The van der Waals surface area contributed by atoms with E-state index in [0.717, 1.165) is 0 Å². The van der Waals surface area contributed by atoms with Crippen LogP contribution in [-0.2, 0) is 5.41 Å². The van der Waals surface area contributed by atoms with Crippen molar-refractivity contribution < 1.29 is 9.90 Å². The second-order valence-electron chi connectivity index (χ2n) is 4.26. The third-order valence-corrected chi connectivity index (χ3v) is 2.26. The molecule has 0 radical (unpaired) electrons. The Labute approximate surface area is 88.5 Å². The summed E-state index contributed by atoms with van der Waals surface area (Å²) >= 11 is 5.84. The van der Waals surface area contributed by atoms with E-state index < -0.39 is 0 Å². The molecule has 0 unspecified atom stereocenters. The molecule has 1 aromatic rings. The Kier molecular flexibility index (Phi) is 2.86. The molecule has 0 saturated heterocycles. The van der Waals surface area contributed by atoms with Gasteiger partial charge in [0.05, 0.1) is 5.56 Å². The smallest absolute Gasteiger partial charge is 0.153 e. The first-order valence-corrected chi connectivity index (χ1v) is 4.72. The number of aldehydes is 1. The van der Waals surface area contributed by atoms with Crippen LogP contribution in [0.5, 0.6) is 5.75 Å². The van der Waals surface area contributed by atoms with Crippen LogP contribution in [0.1, 0.15) is 36.7 Å². The molecule has 3 heteroatoms. The van der Waals surface area contributed by atoms with E-state index in [9.17, 15) is 9.90 Å². The third-order valence-electron chi connectivity index (χ3n) is 2.04. The lowest BCUT2D eigenvalue weighted by Crippen LogP contribution is -2.12. The summed E-state index contributed by atoms with van der Waals surface area (Å²) in [6.07, 6.45) is 0.608. The number of rotatable bonds is 1. The van der Waals surface area contributed by atoms with Crippen molar-refractivity contribution in [1.29, 1.82) is 0 Å². The quantitative estimate of drug-likeness (QED) is 0.727. The molecule has 0 atom stereocenters. The monoisotopic (exact) mass is 212 g/mol. The fourth-order valence-electron chi connectivity index (χ4n) is 1.28. The zero-order chi connectivity index (χ0) is 10.9. The van der Waals surface area contributed by atoms with Crippen LogP contribution in [0.2, 0.25) is 5.02 Å². The van der Waals surface area contributed by atoms with Crippen molar-refractivity contribution in [1.82, 2.24) is 0 Å². The van der Waals surface area contributed by atoms with Crippen molar-refractivity contribution in [3.05, 3.63) is 28.3 Å². The molecular formula is C11H13ClO2. The second kappa shape index (κ2) is 3.62. The maximum Gasteiger partial charge on any atom is 0.153 e. The van der Waals surface area contributed by atoms with Gasteiger partial charge in [0.2, 0.25) is 0 Å². The van der Waals surface area contributed by atoms with E-state index in [0.29, 0.717) is 16.9 Å². The Balaban J connectivity index is 3.44. The van der Waals surface area contributed by atoms with E-state index in [2.05, 4.69) is 0 Å². The molecule has 0 heterocycles. The van der Waals surface area contributed by atoms with Gasteiger partial charge in [-0.15, -0.1) is 0 Å². The van der Waals surface area contributed by atoms with Gasteiger partial charge in [0.1, 0.15) is 5.75 Å². The number of halogens is 1. The molecule has 0 bridgehead atoms. The molecule has 76 valence electrons. The van der Waals surface area contributed by atoms with E-state index in [1.165, 1.54) is 6.07 Å². The van der Waals surface area contributed by atoms with Gasteiger partial charge >= 0.3 is 0 Å². The molecular weight excluding hydrogens is 200 g/mol. The molecule has 0 fully saturated rings. The molecule has 1 aromatic carbocycles. The summed E-state index contributed by atoms with van der Waals surface area (Å²) in [6.45, 7) is 5.85. The van der Waals surface area contributed by atoms with Crippen molar-refractivity contribution in [3.8, 4) is 5.75 Å². The zero-order valence-corrected chi connectivity index (χ0v) is 9.22. The molecule has 0 aliphatic rings. The maximum absolute atomic E-state index is 10.6. The van der Waals surface area contributed by atoms with Gasteiger partial charge in [0.25, 0.3) is 0 Å². The largest absolute Gasteiger partial charge is 0.507 e.